The second kappa shape index (κ2) is 4.19. The third kappa shape index (κ3) is 1.94. The maximum absolute atomic E-state index is 11.9. The van der Waals surface area contributed by atoms with Crippen LogP contribution in [0.25, 0.3) is 11.2 Å². The van der Waals surface area contributed by atoms with Gasteiger partial charge in [-0.1, -0.05) is 0 Å². The summed E-state index contributed by atoms with van der Waals surface area (Å²) in [6.07, 6.45) is -0.600. The van der Waals surface area contributed by atoms with Gasteiger partial charge in [-0.15, -0.1) is 0 Å². The van der Waals surface area contributed by atoms with Gasteiger partial charge in [-0.05, 0) is 0 Å². The maximum atomic E-state index is 11.9. The van der Waals surface area contributed by atoms with Crippen LogP contribution in [0.15, 0.2) is 14.4 Å². The lowest BCUT2D eigenvalue weighted by atomic mass is 10.3. The Kier molecular flexibility index (Phi) is 2.81. The number of aromatic nitrogens is 4. The zero-order valence-electron chi connectivity index (χ0n) is 10.1. The molecule has 9 nitrogen and oxygen atoms in total. The first kappa shape index (κ1) is 12.7. The number of carbonyl (C=O) groups is 1. The highest BCUT2D eigenvalue weighted by molar-refractivity contribution is 5.72. The number of aromatic amines is 1. The summed E-state index contributed by atoms with van der Waals surface area (Å²) >= 11 is 0. The van der Waals surface area contributed by atoms with E-state index in [0.29, 0.717) is 0 Å². The molecule has 0 aliphatic heterocycles. The number of aliphatic carboxylic acids is 1. The molecule has 0 aromatic carbocycles. The lowest BCUT2D eigenvalue weighted by Crippen LogP contribution is -2.39. The van der Waals surface area contributed by atoms with Crippen LogP contribution in [0, 0.1) is 0 Å². The van der Waals surface area contributed by atoms with Gasteiger partial charge in [0.05, 0.1) is 6.42 Å². The predicted molar refractivity (Wildman–Crippen MR) is 64.2 cm³/mol. The van der Waals surface area contributed by atoms with Gasteiger partial charge in [0.25, 0.3) is 11.1 Å². The number of aryl methyl sites for hydroxylation is 1. The van der Waals surface area contributed by atoms with Gasteiger partial charge < -0.3 is 10.1 Å². The van der Waals surface area contributed by atoms with E-state index in [9.17, 15) is 19.2 Å². The van der Waals surface area contributed by atoms with Crippen molar-refractivity contribution in [3.63, 3.8) is 0 Å². The lowest BCUT2D eigenvalue weighted by Gasteiger charge is -2.06. The number of nitrogens with zero attached hydrogens (tertiary/aromatic N) is 3. The second-order valence-corrected chi connectivity index (χ2v) is 3.99. The molecule has 2 N–H and O–H groups in total. The first-order valence-corrected chi connectivity index (χ1v) is 5.23. The highest BCUT2D eigenvalue weighted by Crippen LogP contribution is 1.99. The van der Waals surface area contributed by atoms with Crippen LogP contribution < -0.4 is 16.8 Å². The van der Waals surface area contributed by atoms with Gasteiger partial charge in [0, 0.05) is 14.1 Å². The fourth-order valence-electron chi connectivity index (χ4n) is 1.70. The van der Waals surface area contributed by atoms with E-state index < -0.39 is 29.2 Å². The van der Waals surface area contributed by atoms with Crippen LogP contribution in [0.5, 0.6) is 0 Å². The fourth-order valence-corrected chi connectivity index (χ4v) is 1.70. The van der Waals surface area contributed by atoms with E-state index in [0.717, 1.165) is 9.13 Å². The Labute approximate surface area is 104 Å². The molecule has 2 aromatic rings. The SMILES string of the molecule is Cn1c(=O)c2nc(CC(=O)O)c(=O)[nH]c2n(C)c1=O. The van der Waals surface area contributed by atoms with Crippen LogP contribution in [-0.2, 0) is 25.3 Å². The number of carboxylic acids is 1. The van der Waals surface area contributed by atoms with Gasteiger partial charge in [0.15, 0.2) is 5.52 Å². The van der Waals surface area contributed by atoms with E-state index in [4.69, 9.17) is 5.11 Å². The van der Waals surface area contributed by atoms with Crippen molar-refractivity contribution in [1.82, 2.24) is 19.1 Å². The third-order valence-corrected chi connectivity index (χ3v) is 2.70. The van der Waals surface area contributed by atoms with Gasteiger partial charge in [0.1, 0.15) is 11.3 Å². The first-order chi connectivity index (χ1) is 8.82. The molecule has 0 amide bonds. The molecule has 0 aliphatic carbocycles. The summed E-state index contributed by atoms with van der Waals surface area (Å²) in [6, 6.07) is 0. The number of H-pyrrole nitrogens is 1. The summed E-state index contributed by atoms with van der Waals surface area (Å²) in [4.78, 5) is 51.8. The first-order valence-electron chi connectivity index (χ1n) is 5.23. The number of hydrogen-bond acceptors (Lipinski definition) is 5. The third-order valence-electron chi connectivity index (χ3n) is 2.70. The van der Waals surface area contributed by atoms with Crippen LogP contribution in [0.1, 0.15) is 5.69 Å². The van der Waals surface area contributed by atoms with Crippen molar-refractivity contribution in [2.45, 2.75) is 6.42 Å². The van der Waals surface area contributed by atoms with Gasteiger partial charge >= 0.3 is 11.7 Å². The standard InChI is InChI=1S/C10H10N4O5/c1-13-7-6(9(18)14(2)10(13)19)11-4(3-5(15)16)8(17)12-7/h3H2,1-2H3,(H,12,17)(H,15,16). The molecule has 19 heavy (non-hydrogen) atoms. The maximum Gasteiger partial charge on any atom is 0.332 e. The highest BCUT2D eigenvalue weighted by atomic mass is 16.4. The minimum absolute atomic E-state index is 0.0350. The van der Waals surface area contributed by atoms with Crippen molar-refractivity contribution < 1.29 is 9.90 Å². The van der Waals surface area contributed by atoms with Crippen LogP contribution in [0.3, 0.4) is 0 Å². The van der Waals surface area contributed by atoms with Crippen LogP contribution >= 0.6 is 0 Å². The minimum Gasteiger partial charge on any atom is -0.481 e. The van der Waals surface area contributed by atoms with E-state index >= 15 is 0 Å². The van der Waals surface area contributed by atoms with Crippen LogP contribution in [-0.4, -0.2) is 30.2 Å². The Bertz CT molecular complexity index is 857. The molecule has 0 fully saturated rings. The Morgan fingerprint density at radius 3 is 2.47 bits per heavy atom. The predicted octanol–water partition coefficient (Wildman–Crippen LogP) is -2.05. The summed E-state index contributed by atoms with van der Waals surface area (Å²) in [6.45, 7) is 0. The van der Waals surface area contributed by atoms with Crippen molar-refractivity contribution in [3.05, 3.63) is 36.9 Å². The van der Waals surface area contributed by atoms with Crippen molar-refractivity contribution in [2.75, 3.05) is 0 Å². The molecule has 0 spiro atoms. The summed E-state index contributed by atoms with van der Waals surface area (Å²) in [7, 11) is 2.65. The molecule has 0 radical (unpaired) electrons. The zero-order chi connectivity index (χ0) is 14.3. The lowest BCUT2D eigenvalue weighted by molar-refractivity contribution is -0.136. The quantitative estimate of drug-likeness (QED) is 0.644. The van der Waals surface area contributed by atoms with Gasteiger partial charge in [-0.25, -0.2) is 9.78 Å². The Morgan fingerprint density at radius 1 is 1.26 bits per heavy atom. The fraction of sp³-hybridized carbons (Fsp3) is 0.300. The average molecular weight is 266 g/mol. The molecule has 2 heterocycles. The van der Waals surface area contributed by atoms with Gasteiger partial charge in [0.2, 0.25) is 0 Å². The van der Waals surface area contributed by atoms with Gasteiger partial charge in [-0.2, -0.15) is 0 Å². The van der Waals surface area contributed by atoms with E-state index in [1.807, 2.05) is 0 Å². The molecule has 0 bridgehead atoms. The summed E-state index contributed by atoms with van der Waals surface area (Å²) in [5.74, 6) is -1.24. The molecule has 2 aromatic heterocycles. The summed E-state index contributed by atoms with van der Waals surface area (Å²) in [5, 5.41) is 8.65. The molecule has 9 heteroatoms. The molecule has 2 rings (SSSR count). The van der Waals surface area contributed by atoms with Crippen molar-refractivity contribution in [3.8, 4) is 0 Å². The highest BCUT2D eigenvalue weighted by Gasteiger charge is 2.15. The van der Waals surface area contributed by atoms with E-state index in [1.165, 1.54) is 14.1 Å². The molecule has 100 valence electrons. The number of hydrogen-bond donors (Lipinski definition) is 2. The number of fused-ring (bicyclic) bond motifs is 1. The largest absolute Gasteiger partial charge is 0.481 e. The van der Waals surface area contributed by atoms with E-state index in [2.05, 4.69) is 9.97 Å². The van der Waals surface area contributed by atoms with Gasteiger partial charge in [-0.3, -0.25) is 23.5 Å². The topological polar surface area (TPSA) is 127 Å². The Hall–Kier alpha value is -2.71. The molecule has 0 aliphatic rings. The number of carboxylic acid groups (broad SMARTS) is 1. The number of nitrogens with one attached hydrogen (secondary N) is 1. The zero-order valence-corrected chi connectivity index (χ0v) is 10.1. The molecule has 0 saturated carbocycles. The van der Waals surface area contributed by atoms with E-state index in [1.54, 1.807) is 0 Å². The smallest absolute Gasteiger partial charge is 0.332 e. The Morgan fingerprint density at radius 2 is 1.89 bits per heavy atom. The Balaban J connectivity index is 2.95. The molecule has 0 saturated heterocycles. The van der Waals surface area contributed by atoms with Crippen LogP contribution in [0.2, 0.25) is 0 Å². The molecular weight excluding hydrogens is 256 g/mol. The second-order valence-electron chi connectivity index (χ2n) is 3.99. The summed E-state index contributed by atoms with van der Waals surface area (Å²) < 4.78 is 1.90. The molecule has 0 atom stereocenters. The van der Waals surface area contributed by atoms with Crippen molar-refractivity contribution >= 4 is 17.1 Å². The summed E-state index contributed by atoms with van der Waals surface area (Å²) in [5.41, 5.74) is -2.51. The number of rotatable bonds is 2. The van der Waals surface area contributed by atoms with Crippen molar-refractivity contribution in [2.24, 2.45) is 14.1 Å². The molecular formula is C10H10N4O5. The minimum atomic E-state index is -1.24. The van der Waals surface area contributed by atoms with E-state index in [-0.39, 0.29) is 16.9 Å². The average Bonchev–Trinajstić information content (AvgIpc) is 2.35. The monoisotopic (exact) mass is 266 g/mol. The normalized spacial score (nSPS) is 10.8. The van der Waals surface area contributed by atoms with Crippen LogP contribution in [0.4, 0.5) is 0 Å². The van der Waals surface area contributed by atoms with Crippen molar-refractivity contribution in [1.29, 1.82) is 0 Å². The molecule has 0 unspecified atom stereocenters.